The molecule has 1 heterocycles. The van der Waals surface area contributed by atoms with E-state index in [2.05, 4.69) is 0 Å². The Morgan fingerprint density at radius 1 is 1.14 bits per heavy atom. The Bertz CT molecular complexity index is 731. The maximum atomic E-state index is 11.4. The topological polar surface area (TPSA) is 65.0 Å². The van der Waals surface area contributed by atoms with Crippen LogP contribution in [0.15, 0.2) is 48.2 Å². The van der Waals surface area contributed by atoms with E-state index in [1.54, 1.807) is 30.3 Å². The van der Waals surface area contributed by atoms with Crippen molar-refractivity contribution in [2.75, 3.05) is 6.79 Å². The Morgan fingerprint density at radius 3 is 2.59 bits per heavy atom. The van der Waals surface area contributed by atoms with Crippen LogP contribution in [-0.4, -0.2) is 17.9 Å². The summed E-state index contributed by atoms with van der Waals surface area (Å²) >= 11 is 0. The smallest absolute Gasteiger partial charge is 0.371 e. The molecule has 22 heavy (non-hydrogen) atoms. The van der Waals surface area contributed by atoms with Gasteiger partial charge in [0, 0.05) is 0 Å². The molecule has 0 radical (unpaired) electrons. The first-order chi connectivity index (χ1) is 10.6. The molecule has 1 N–H and O–H groups in total. The van der Waals surface area contributed by atoms with Crippen molar-refractivity contribution >= 4 is 12.0 Å². The Morgan fingerprint density at radius 2 is 1.86 bits per heavy atom. The van der Waals surface area contributed by atoms with Crippen molar-refractivity contribution in [1.82, 2.24) is 0 Å². The van der Waals surface area contributed by atoms with Gasteiger partial charge >= 0.3 is 5.97 Å². The fourth-order valence-electron chi connectivity index (χ4n) is 2.02. The second-order valence-corrected chi connectivity index (χ2v) is 4.84. The molecule has 0 amide bonds. The molecule has 0 atom stereocenters. The summed E-state index contributed by atoms with van der Waals surface area (Å²) in [6, 6.07) is 12.4. The molecule has 1 aliphatic rings. The second-order valence-electron chi connectivity index (χ2n) is 4.84. The lowest BCUT2D eigenvalue weighted by Crippen LogP contribution is -2.07. The van der Waals surface area contributed by atoms with Gasteiger partial charge in [0.1, 0.15) is 5.75 Å². The van der Waals surface area contributed by atoms with E-state index in [4.69, 9.17) is 14.2 Å². The van der Waals surface area contributed by atoms with Gasteiger partial charge in [0.2, 0.25) is 12.6 Å². The van der Waals surface area contributed by atoms with Crippen molar-refractivity contribution in [3.63, 3.8) is 0 Å². The van der Waals surface area contributed by atoms with Crippen LogP contribution < -0.4 is 14.2 Å². The van der Waals surface area contributed by atoms with Gasteiger partial charge in [0.25, 0.3) is 0 Å². The largest absolute Gasteiger partial charge is 0.475 e. The van der Waals surface area contributed by atoms with E-state index in [1.165, 1.54) is 6.08 Å². The summed E-state index contributed by atoms with van der Waals surface area (Å²) < 4.78 is 15.9. The highest BCUT2D eigenvalue weighted by Crippen LogP contribution is 2.33. The molecule has 0 unspecified atom stereocenters. The van der Waals surface area contributed by atoms with Crippen molar-refractivity contribution in [2.45, 2.75) is 6.92 Å². The molecule has 2 aromatic rings. The van der Waals surface area contributed by atoms with Gasteiger partial charge in [-0.25, -0.2) is 4.79 Å². The van der Waals surface area contributed by atoms with Crippen LogP contribution in [0.25, 0.3) is 6.08 Å². The van der Waals surface area contributed by atoms with Gasteiger partial charge < -0.3 is 19.3 Å². The molecule has 3 rings (SSSR count). The molecular formula is C17H14O5. The van der Waals surface area contributed by atoms with Gasteiger partial charge in [-0.15, -0.1) is 0 Å². The number of hydrogen-bond donors (Lipinski definition) is 1. The van der Waals surface area contributed by atoms with Crippen LogP contribution in [0.3, 0.4) is 0 Å². The van der Waals surface area contributed by atoms with E-state index in [0.717, 1.165) is 5.56 Å². The van der Waals surface area contributed by atoms with E-state index >= 15 is 0 Å². The molecule has 0 aromatic heterocycles. The number of ether oxygens (including phenoxy) is 3. The van der Waals surface area contributed by atoms with Crippen molar-refractivity contribution in [3.8, 4) is 17.2 Å². The summed E-state index contributed by atoms with van der Waals surface area (Å²) in [7, 11) is 0. The summed E-state index contributed by atoms with van der Waals surface area (Å²) in [4.78, 5) is 11.4. The quantitative estimate of drug-likeness (QED) is 0.693. The van der Waals surface area contributed by atoms with Crippen molar-refractivity contribution in [3.05, 3.63) is 59.4 Å². The molecule has 0 saturated carbocycles. The summed E-state index contributed by atoms with van der Waals surface area (Å²) in [6.45, 7) is 2.12. The van der Waals surface area contributed by atoms with Gasteiger partial charge in [-0.2, -0.15) is 0 Å². The normalized spacial score (nSPS) is 13.0. The van der Waals surface area contributed by atoms with Crippen molar-refractivity contribution in [1.29, 1.82) is 0 Å². The minimum Gasteiger partial charge on any atom is -0.475 e. The molecule has 1 aliphatic heterocycles. The maximum Gasteiger partial charge on any atom is 0.371 e. The molecule has 112 valence electrons. The van der Waals surface area contributed by atoms with Crippen LogP contribution in [0.1, 0.15) is 11.1 Å². The molecular weight excluding hydrogens is 284 g/mol. The minimum absolute atomic E-state index is 0.164. The van der Waals surface area contributed by atoms with Crippen LogP contribution in [-0.2, 0) is 4.79 Å². The molecule has 0 saturated heterocycles. The van der Waals surface area contributed by atoms with E-state index in [-0.39, 0.29) is 12.6 Å². The van der Waals surface area contributed by atoms with Gasteiger partial charge in [-0.3, -0.25) is 0 Å². The van der Waals surface area contributed by atoms with E-state index in [1.807, 2.05) is 19.1 Å². The summed E-state index contributed by atoms with van der Waals surface area (Å²) in [5.74, 6) is 0.406. The second kappa shape index (κ2) is 5.81. The Labute approximate surface area is 127 Å². The average molecular weight is 298 g/mol. The predicted octanol–water partition coefficient (Wildman–Crippen LogP) is 3.23. The standard InChI is InChI=1S/C17H14O5/c1-11-2-5-13(6-3-11)22-16(17(18)19)9-12-4-7-14-15(8-12)21-10-20-14/h2-9H,10H2,1H3,(H,18,19). The van der Waals surface area contributed by atoms with Crippen molar-refractivity contribution in [2.24, 2.45) is 0 Å². The predicted molar refractivity (Wildman–Crippen MR) is 80.0 cm³/mol. The van der Waals surface area contributed by atoms with Crippen LogP contribution in [0.2, 0.25) is 0 Å². The Hall–Kier alpha value is -2.95. The molecule has 0 fully saturated rings. The lowest BCUT2D eigenvalue weighted by molar-refractivity contribution is -0.134. The maximum absolute atomic E-state index is 11.4. The first-order valence-corrected chi connectivity index (χ1v) is 6.71. The summed E-state index contributed by atoms with van der Waals surface area (Å²) in [6.07, 6.45) is 1.45. The monoisotopic (exact) mass is 298 g/mol. The molecule has 2 aromatic carbocycles. The number of hydrogen-bond acceptors (Lipinski definition) is 4. The lowest BCUT2D eigenvalue weighted by atomic mass is 10.2. The SMILES string of the molecule is Cc1ccc(OC(=Cc2ccc3c(c2)OCO3)C(=O)O)cc1. The molecule has 5 heteroatoms. The number of carboxylic acid groups (broad SMARTS) is 1. The van der Waals surface area contributed by atoms with Crippen LogP contribution >= 0.6 is 0 Å². The van der Waals surface area contributed by atoms with Gasteiger partial charge in [0.05, 0.1) is 0 Å². The van der Waals surface area contributed by atoms with Crippen LogP contribution in [0.4, 0.5) is 0 Å². The van der Waals surface area contributed by atoms with Crippen LogP contribution in [0, 0.1) is 6.92 Å². The molecule has 0 spiro atoms. The van der Waals surface area contributed by atoms with Gasteiger partial charge in [0.15, 0.2) is 11.5 Å². The summed E-state index contributed by atoms with van der Waals surface area (Å²) in [5.41, 5.74) is 1.73. The average Bonchev–Trinajstić information content (AvgIpc) is 2.96. The number of aliphatic carboxylic acids is 1. The van der Waals surface area contributed by atoms with Gasteiger partial charge in [-0.05, 0) is 42.8 Å². The highest BCUT2D eigenvalue weighted by atomic mass is 16.7. The highest BCUT2D eigenvalue weighted by Gasteiger charge is 2.15. The van der Waals surface area contributed by atoms with E-state index in [9.17, 15) is 9.90 Å². The Kier molecular flexibility index (Phi) is 3.70. The molecule has 0 bridgehead atoms. The highest BCUT2D eigenvalue weighted by molar-refractivity contribution is 5.90. The lowest BCUT2D eigenvalue weighted by Gasteiger charge is -2.07. The van der Waals surface area contributed by atoms with Gasteiger partial charge in [-0.1, -0.05) is 23.8 Å². The zero-order chi connectivity index (χ0) is 15.5. The third kappa shape index (κ3) is 3.03. The third-order valence-corrected chi connectivity index (χ3v) is 3.15. The molecule has 0 aliphatic carbocycles. The van der Waals surface area contributed by atoms with Crippen molar-refractivity contribution < 1.29 is 24.1 Å². The number of aryl methyl sites for hydroxylation is 1. The third-order valence-electron chi connectivity index (χ3n) is 3.15. The number of fused-ring (bicyclic) bond motifs is 1. The number of rotatable bonds is 4. The fraction of sp³-hybridized carbons (Fsp3) is 0.118. The van der Waals surface area contributed by atoms with E-state index < -0.39 is 5.97 Å². The minimum atomic E-state index is -1.14. The zero-order valence-corrected chi connectivity index (χ0v) is 11.9. The number of carbonyl (C=O) groups is 1. The fourth-order valence-corrected chi connectivity index (χ4v) is 2.02. The molecule has 5 nitrogen and oxygen atoms in total. The zero-order valence-electron chi connectivity index (χ0n) is 11.9. The first kappa shape index (κ1) is 14.0. The summed E-state index contributed by atoms with van der Waals surface area (Å²) in [5, 5.41) is 9.29. The van der Waals surface area contributed by atoms with Crippen LogP contribution in [0.5, 0.6) is 17.2 Å². The van der Waals surface area contributed by atoms with E-state index in [0.29, 0.717) is 22.8 Å². The first-order valence-electron chi connectivity index (χ1n) is 6.71. The number of carboxylic acids is 1. The Balaban J connectivity index is 1.87. The number of benzene rings is 2.